The van der Waals surface area contributed by atoms with E-state index in [1.54, 1.807) is 14.0 Å². The first-order valence-corrected chi connectivity index (χ1v) is 5.87. The molecule has 1 aliphatic rings. The fourth-order valence-corrected chi connectivity index (χ4v) is 1.62. The highest BCUT2D eigenvalue weighted by Gasteiger charge is 2.28. The van der Waals surface area contributed by atoms with Crippen LogP contribution in [0.1, 0.15) is 41.5 Å². The molecule has 3 heteroatoms. The summed E-state index contributed by atoms with van der Waals surface area (Å²) >= 11 is 0. The van der Waals surface area contributed by atoms with Crippen molar-refractivity contribution in [2.45, 2.75) is 52.2 Å². The zero-order valence-electron chi connectivity index (χ0n) is 10.2. The molecule has 0 bridgehead atoms. The highest BCUT2D eigenvalue weighted by atomic mass is 16.5. The number of nitrogens with one attached hydrogen (secondary N) is 1. The van der Waals surface area contributed by atoms with Crippen molar-refractivity contribution in [3.05, 3.63) is 0 Å². The molecule has 2 atom stereocenters. The molecule has 1 saturated carbocycles. The van der Waals surface area contributed by atoms with Crippen LogP contribution in [0.4, 0.5) is 0 Å². The molecule has 90 valence electrons. The predicted octanol–water partition coefficient (Wildman–Crippen LogP) is 2.21. The molecule has 0 aromatic carbocycles. The first-order chi connectivity index (χ1) is 7.04. The van der Waals surface area contributed by atoms with Crippen LogP contribution in [0.2, 0.25) is 0 Å². The number of carbonyl (C=O) groups excluding carboxylic acids is 1. The Bertz CT molecular complexity index is 217. The second-order valence-corrected chi connectivity index (χ2v) is 4.92. The summed E-state index contributed by atoms with van der Waals surface area (Å²) in [7, 11) is 1.56. The van der Waals surface area contributed by atoms with Gasteiger partial charge in [0.1, 0.15) is 6.10 Å². The van der Waals surface area contributed by atoms with Crippen molar-refractivity contribution >= 4 is 5.91 Å². The normalized spacial score (nSPS) is 20.1. The fourth-order valence-electron chi connectivity index (χ4n) is 1.62. The molecule has 0 aromatic heterocycles. The lowest BCUT2D eigenvalue weighted by Crippen LogP contribution is -2.43. The van der Waals surface area contributed by atoms with E-state index in [0.29, 0.717) is 12.0 Å². The summed E-state index contributed by atoms with van der Waals surface area (Å²) in [5.41, 5.74) is 0. The zero-order chi connectivity index (χ0) is 11.4. The number of hydrogen-bond acceptors (Lipinski definition) is 2. The van der Waals surface area contributed by atoms with Gasteiger partial charge in [0.15, 0.2) is 0 Å². The minimum Gasteiger partial charge on any atom is -0.372 e. The Morgan fingerprint density at radius 1 is 1.47 bits per heavy atom. The lowest BCUT2D eigenvalue weighted by molar-refractivity contribution is -0.131. The maximum absolute atomic E-state index is 11.7. The number of hydrogen-bond donors (Lipinski definition) is 1. The van der Waals surface area contributed by atoms with Gasteiger partial charge < -0.3 is 10.1 Å². The van der Waals surface area contributed by atoms with Crippen LogP contribution in [0.5, 0.6) is 0 Å². The third kappa shape index (κ3) is 4.20. The first-order valence-electron chi connectivity index (χ1n) is 5.87. The third-order valence-electron chi connectivity index (χ3n) is 3.14. The standard InChI is InChI=1S/C12H23NO2.H2/c1-8(2)11(7-10-5-6-10)13-12(14)9(3)15-4;/h8-11H,5-7H2,1-4H3,(H,13,14);1H/t9-,11-;/m0./s1. The molecule has 1 rings (SSSR count). The minimum absolute atomic E-state index is 0. The second-order valence-electron chi connectivity index (χ2n) is 4.92. The van der Waals surface area contributed by atoms with Crippen LogP contribution in [-0.2, 0) is 9.53 Å². The molecule has 3 nitrogen and oxygen atoms in total. The van der Waals surface area contributed by atoms with E-state index in [-0.39, 0.29) is 13.4 Å². The van der Waals surface area contributed by atoms with Crippen molar-refractivity contribution in [1.29, 1.82) is 0 Å². The molecule has 0 unspecified atom stereocenters. The molecule has 15 heavy (non-hydrogen) atoms. The van der Waals surface area contributed by atoms with E-state index in [2.05, 4.69) is 19.2 Å². The molecule has 1 N–H and O–H groups in total. The summed E-state index contributed by atoms with van der Waals surface area (Å²) in [5.74, 6) is 1.35. The maximum Gasteiger partial charge on any atom is 0.249 e. The molecular formula is C12H25NO2. The van der Waals surface area contributed by atoms with Crippen molar-refractivity contribution in [3.63, 3.8) is 0 Å². The van der Waals surface area contributed by atoms with Gasteiger partial charge in [-0.1, -0.05) is 26.7 Å². The number of methoxy groups -OCH3 is 1. The molecule has 1 fully saturated rings. The summed E-state index contributed by atoms with van der Waals surface area (Å²) in [6.07, 6.45) is 3.45. The molecule has 0 radical (unpaired) electrons. The van der Waals surface area contributed by atoms with Gasteiger partial charge in [-0.15, -0.1) is 0 Å². The smallest absolute Gasteiger partial charge is 0.249 e. The first kappa shape index (κ1) is 12.5. The van der Waals surface area contributed by atoms with Gasteiger partial charge in [0, 0.05) is 14.6 Å². The number of ether oxygens (including phenoxy) is 1. The summed E-state index contributed by atoms with van der Waals surface area (Å²) in [6, 6.07) is 0.308. The Balaban J connectivity index is 0.00000225. The zero-order valence-corrected chi connectivity index (χ0v) is 10.2. The predicted molar refractivity (Wildman–Crippen MR) is 62.7 cm³/mol. The Kier molecular flexibility index (Phi) is 4.58. The van der Waals surface area contributed by atoms with E-state index in [4.69, 9.17) is 4.74 Å². The Labute approximate surface area is 94.1 Å². The van der Waals surface area contributed by atoms with E-state index in [1.807, 2.05) is 0 Å². The fraction of sp³-hybridized carbons (Fsp3) is 0.917. The van der Waals surface area contributed by atoms with Crippen molar-refractivity contribution in [1.82, 2.24) is 5.32 Å². The quantitative estimate of drug-likeness (QED) is 0.737. The average Bonchev–Trinajstić information content (AvgIpc) is 2.99. The monoisotopic (exact) mass is 215 g/mol. The Morgan fingerprint density at radius 3 is 2.47 bits per heavy atom. The highest BCUT2D eigenvalue weighted by molar-refractivity contribution is 5.80. The molecule has 0 spiro atoms. The van der Waals surface area contributed by atoms with E-state index >= 15 is 0 Å². The van der Waals surface area contributed by atoms with Gasteiger partial charge >= 0.3 is 0 Å². The summed E-state index contributed by atoms with van der Waals surface area (Å²) in [4.78, 5) is 11.7. The molecule has 0 saturated heterocycles. The lowest BCUT2D eigenvalue weighted by atomic mass is 9.98. The Hall–Kier alpha value is -0.570. The van der Waals surface area contributed by atoms with Gasteiger partial charge in [0.2, 0.25) is 5.91 Å². The van der Waals surface area contributed by atoms with E-state index in [1.165, 1.54) is 12.8 Å². The summed E-state index contributed by atoms with van der Waals surface area (Å²) < 4.78 is 5.00. The molecule has 0 heterocycles. The SMILES string of the molecule is CO[C@@H](C)C(=O)N[C@@H](CC1CC1)C(C)C.[HH]. The van der Waals surface area contributed by atoms with Crippen molar-refractivity contribution < 1.29 is 11.0 Å². The van der Waals surface area contributed by atoms with Gasteiger partial charge in [0.25, 0.3) is 0 Å². The number of rotatable bonds is 6. The minimum atomic E-state index is -0.342. The Morgan fingerprint density at radius 2 is 2.07 bits per heavy atom. The van der Waals surface area contributed by atoms with Crippen molar-refractivity contribution in [3.8, 4) is 0 Å². The van der Waals surface area contributed by atoms with E-state index < -0.39 is 0 Å². The van der Waals surface area contributed by atoms with Crippen molar-refractivity contribution in [2.75, 3.05) is 7.11 Å². The van der Waals surface area contributed by atoms with Crippen LogP contribution in [0, 0.1) is 11.8 Å². The van der Waals surface area contributed by atoms with Gasteiger partial charge in [-0.25, -0.2) is 0 Å². The maximum atomic E-state index is 11.7. The van der Waals surface area contributed by atoms with Crippen LogP contribution >= 0.6 is 0 Å². The van der Waals surface area contributed by atoms with Crippen molar-refractivity contribution in [2.24, 2.45) is 11.8 Å². The van der Waals surface area contributed by atoms with Crippen LogP contribution in [0.25, 0.3) is 0 Å². The summed E-state index contributed by atoms with van der Waals surface area (Å²) in [5, 5.41) is 3.07. The second kappa shape index (κ2) is 5.50. The van der Waals surface area contributed by atoms with Gasteiger partial charge in [-0.3, -0.25) is 4.79 Å². The summed E-state index contributed by atoms with van der Waals surface area (Å²) in [6.45, 7) is 6.10. The highest BCUT2D eigenvalue weighted by Crippen LogP contribution is 2.34. The lowest BCUT2D eigenvalue weighted by Gasteiger charge is -2.23. The molecule has 0 aliphatic heterocycles. The van der Waals surface area contributed by atoms with Crippen LogP contribution in [0.15, 0.2) is 0 Å². The van der Waals surface area contributed by atoms with Gasteiger partial charge in [-0.05, 0) is 25.2 Å². The average molecular weight is 215 g/mol. The van der Waals surface area contributed by atoms with E-state index in [0.717, 1.165) is 12.3 Å². The number of amides is 1. The van der Waals surface area contributed by atoms with E-state index in [9.17, 15) is 4.79 Å². The number of carbonyl (C=O) groups is 1. The molecule has 1 amide bonds. The molecule has 0 aromatic rings. The van der Waals surface area contributed by atoms with Crippen LogP contribution in [-0.4, -0.2) is 25.2 Å². The largest absolute Gasteiger partial charge is 0.372 e. The van der Waals surface area contributed by atoms with Crippen LogP contribution < -0.4 is 5.32 Å². The molecule has 1 aliphatic carbocycles. The van der Waals surface area contributed by atoms with Gasteiger partial charge in [0.05, 0.1) is 0 Å². The van der Waals surface area contributed by atoms with Gasteiger partial charge in [-0.2, -0.15) is 0 Å². The van der Waals surface area contributed by atoms with Crippen LogP contribution in [0.3, 0.4) is 0 Å². The third-order valence-corrected chi connectivity index (χ3v) is 3.14. The topological polar surface area (TPSA) is 38.3 Å². The molecular weight excluding hydrogens is 190 g/mol.